The lowest BCUT2D eigenvalue weighted by atomic mass is 9.91. The highest BCUT2D eigenvalue weighted by Gasteiger charge is 2.28. The van der Waals surface area contributed by atoms with E-state index in [9.17, 15) is 19.4 Å². The van der Waals surface area contributed by atoms with Crippen molar-refractivity contribution in [2.24, 2.45) is 5.92 Å². The first-order chi connectivity index (χ1) is 12.3. The Labute approximate surface area is 155 Å². The quantitative estimate of drug-likeness (QED) is 0.488. The van der Waals surface area contributed by atoms with Gasteiger partial charge in [-0.05, 0) is 43.4 Å². The molecule has 0 aliphatic heterocycles. The standard InChI is InChI=1S/C19H30NO5P/c1-14(16-7-9-17(10-8-16)19(22)23)20-11-18(21)13-26(24,25)12-15-5-3-2-4-6-15/h7-10,14-15,18,20-21H,2-6,11-13H2,1H3,(H,22,23)(H,24,25)/t14-,18-/m0/s1. The van der Waals surface area contributed by atoms with Crippen molar-refractivity contribution < 1.29 is 24.5 Å². The molecule has 1 aliphatic carbocycles. The topological polar surface area (TPSA) is 107 Å². The van der Waals surface area contributed by atoms with Crippen LogP contribution in [-0.2, 0) is 4.57 Å². The summed E-state index contributed by atoms with van der Waals surface area (Å²) in [6.45, 7) is 2.13. The maximum absolute atomic E-state index is 12.4. The van der Waals surface area contributed by atoms with E-state index in [1.807, 2.05) is 6.92 Å². The van der Waals surface area contributed by atoms with Crippen molar-refractivity contribution >= 4 is 13.3 Å². The normalized spacial score (nSPS) is 20.3. The summed E-state index contributed by atoms with van der Waals surface area (Å²) in [4.78, 5) is 21.1. The average Bonchev–Trinajstić information content (AvgIpc) is 2.59. The number of aliphatic hydroxyl groups is 1. The van der Waals surface area contributed by atoms with Gasteiger partial charge in [0.25, 0.3) is 0 Å². The summed E-state index contributed by atoms with van der Waals surface area (Å²) in [5.74, 6) is -0.657. The van der Waals surface area contributed by atoms with E-state index in [1.54, 1.807) is 24.3 Å². The van der Waals surface area contributed by atoms with Crippen molar-refractivity contribution in [2.45, 2.75) is 51.2 Å². The molecular weight excluding hydrogens is 353 g/mol. The highest BCUT2D eigenvalue weighted by molar-refractivity contribution is 7.58. The number of aliphatic hydroxyl groups excluding tert-OH is 1. The molecule has 146 valence electrons. The monoisotopic (exact) mass is 383 g/mol. The van der Waals surface area contributed by atoms with Crippen LogP contribution in [0.2, 0.25) is 0 Å². The Morgan fingerprint density at radius 3 is 2.42 bits per heavy atom. The predicted octanol–water partition coefficient (Wildman–Crippen LogP) is 3.25. The number of rotatable bonds is 9. The Balaban J connectivity index is 1.78. The summed E-state index contributed by atoms with van der Waals surface area (Å²) in [6.07, 6.45) is 4.86. The first-order valence-corrected chi connectivity index (χ1v) is 11.4. The van der Waals surface area contributed by atoms with Gasteiger partial charge in [-0.2, -0.15) is 0 Å². The van der Waals surface area contributed by atoms with Crippen molar-refractivity contribution in [1.82, 2.24) is 5.32 Å². The number of aromatic carboxylic acids is 1. The van der Waals surface area contributed by atoms with Gasteiger partial charge in [-0.25, -0.2) is 4.79 Å². The first kappa shape index (κ1) is 21.1. The molecule has 3 atom stereocenters. The Morgan fingerprint density at radius 2 is 1.85 bits per heavy atom. The van der Waals surface area contributed by atoms with E-state index in [0.717, 1.165) is 31.2 Å². The molecule has 0 saturated heterocycles. The summed E-state index contributed by atoms with van der Waals surface area (Å²) in [5, 5.41) is 22.2. The Bertz CT molecular complexity index is 627. The summed E-state index contributed by atoms with van der Waals surface area (Å²) in [6, 6.07) is 6.45. The molecule has 7 heteroatoms. The molecule has 0 heterocycles. The Morgan fingerprint density at radius 1 is 1.23 bits per heavy atom. The van der Waals surface area contributed by atoms with E-state index in [0.29, 0.717) is 12.1 Å². The van der Waals surface area contributed by atoms with Gasteiger partial charge in [0.2, 0.25) is 7.37 Å². The molecule has 26 heavy (non-hydrogen) atoms. The Kier molecular flexibility index (Phi) is 7.84. The van der Waals surface area contributed by atoms with Crippen LogP contribution < -0.4 is 5.32 Å². The number of carbonyl (C=O) groups is 1. The van der Waals surface area contributed by atoms with Crippen molar-refractivity contribution in [3.8, 4) is 0 Å². The Hall–Kier alpha value is -1.20. The van der Waals surface area contributed by atoms with E-state index in [-0.39, 0.29) is 24.3 Å². The van der Waals surface area contributed by atoms with Crippen LogP contribution in [-0.4, -0.2) is 46.0 Å². The summed E-state index contributed by atoms with van der Waals surface area (Å²) in [5.41, 5.74) is 1.13. The second kappa shape index (κ2) is 9.65. The van der Waals surface area contributed by atoms with Crippen molar-refractivity contribution in [3.05, 3.63) is 35.4 Å². The summed E-state index contributed by atoms with van der Waals surface area (Å²) < 4.78 is 12.4. The number of hydrogen-bond donors (Lipinski definition) is 4. The van der Waals surface area contributed by atoms with Crippen LogP contribution in [0.1, 0.15) is 61.0 Å². The fourth-order valence-electron chi connectivity index (χ4n) is 3.59. The lowest BCUT2D eigenvalue weighted by Gasteiger charge is -2.25. The maximum atomic E-state index is 12.4. The molecule has 1 saturated carbocycles. The third kappa shape index (κ3) is 6.84. The van der Waals surface area contributed by atoms with E-state index in [4.69, 9.17) is 5.11 Å². The van der Waals surface area contributed by atoms with Crippen molar-refractivity contribution in [3.63, 3.8) is 0 Å². The molecule has 1 aromatic rings. The first-order valence-electron chi connectivity index (χ1n) is 9.32. The summed E-state index contributed by atoms with van der Waals surface area (Å²) >= 11 is 0. The molecule has 1 unspecified atom stereocenters. The molecule has 1 aliphatic rings. The van der Waals surface area contributed by atoms with Gasteiger partial charge in [-0.3, -0.25) is 4.57 Å². The largest absolute Gasteiger partial charge is 0.478 e. The SMILES string of the molecule is C[C@H](NC[C@H](O)CP(=O)(O)CC1CCCCC1)c1ccc(C(=O)O)cc1. The van der Waals surface area contributed by atoms with E-state index >= 15 is 0 Å². The lowest BCUT2D eigenvalue weighted by Crippen LogP contribution is -2.32. The average molecular weight is 383 g/mol. The number of benzene rings is 1. The minimum atomic E-state index is -3.32. The van der Waals surface area contributed by atoms with Gasteiger partial charge in [0.15, 0.2) is 0 Å². The van der Waals surface area contributed by atoms with Crippen LogP contribution in [0.3, 0.4) is 0 Å². The van der Waals surface area contributed by atoms with Gasteiger partial charge < -0.3 is 20.4 Å². The number of nitrogens with one attached hydrogen (secondary N) is 1. The second-order valence-electron chi connectivity index (χ2n) is 7.43. The smallest absolute Gasteiger partial charge is 0.335 e. The van der Waals surface area contributed by atoms with Gasteiger partial charge in [0, 0.05) is 18.7 Å². The van der Waals surface area contributed by atoms with Crippen molar-refractivity contribution in [2.75, 3.05) is 18.9 Å². The van der Waals surface area contributed by atoms with Gasteiger partial charge in [0.05, 0.1) is 17.8 Å². The lowest BCUT2D eigenvalue weighted by molar-refractivity contribution is 0.0697. The minimum absolute atomic E-state index is 0.0822. The van der Waals surface area contributed by atoms with Crippen molar-refractivity contribution in [1.29, 1.82) is 0 Å². The molecule has 0 bridgehead atoms. The van der Waals surface area contributed by atoms with Gasteiger partial charge in [0.1, 0.15) is 0 Å². The van der Waals surface area contributed by atoms with Crippen LogP contribution in [0.15, 0.2) is 24.3 Å². The highest BCUT2D eigenvalue weighted by Crippen LogP contribution is 2.45. The molecule has 0 amide bonds. The van der Waals surface area contributed by atoms with Crippen LogP contribution in [0, 0.1) is 5.92 Å². The highest BCUT2D eigenvalue weighted by atomic mass is 31.2. The number of hydrogen-bond acceptors (Lipinski definition) is 4. The van der Waals surface area contributed by atoms with Gasteiger partial charge >= 0.3 is 5.97 Å². The molecule has 0 aromatic heterocycles. The van der Waals surface area contributed by atoms with E-state index in [2.05, 4.69) is 5.32 Å². The van der Waals surface area contributed by atoms with E-state index < -0.39 is 19.4 Å². The second-order valence-corrected chi connectivity index (χ2v) is 9.85. The van der Waals surface area contributed by atoms with Crippen LogP contribution in [0.4, 0.5) is 0 Å². The van der Waals surface area contributed by atoms with Gasteiger partial charge in [-0.15, -0.1) is 0 Å². The maximum Gasteiger partial charge on any atom is 0.335 e. The van der Waals surface area contributed by atoms with Crippen LogP contribution in [0.5, 0.6) is 0 Å². The fraction of sp³-hybridized carbons (Fsp3) is 0.632. The molecule has 2 rings (SSSR count). The van der Waals surface area contributed by atoms with Crippen LogP contribution >= 0.6 is 7.37 Å². The van der Waals surface area contributed by atoms with Gasteiger partial charge in [-0.1, -0.05) is 31.4 Å². The fourth-order valence-corrected chi connectivity index (χ4v) is 5.70. The third-order valence-electron chi connectivity index (χ3n) is 5.08. The molecular formula is C19H30NO5P. The van der Waals surface area contributed by atoms with E-state index in [1.165, 1.54) is 6.42 Å². The molecule has 1 fully saturated rings. The molecule has 6 nitrogen and oxygen atoms in total. The molecule has 0 radical (unpaired) electrons. The summed E-state index contributed by atoms with van der Waals surface area (Å²) in [7, 11) is -3.32. The third-order valence-corrected chi connectivity index (χ3v) is 7.16. The number of carboxylic acid groups (broad SMARTS) is 1. The molecule has 4 N–H and O–H groups in total. The zero-order chi connectivity index (χ0) is 19.2. The molecule has 0 spiro atoms. The minimum Gasteiger partial charge on any atom is -0.478 e. The zero-order valence-electron chi connectivity index (χ0n) is 15.3. The zero-order valence-corrected chi connectivity index (χ0v) is 16.2. The van der Waals surface area contributed by atoms with Crippen LogP contribution in [0.25, 0.3) is 0 Å². The molecule has 1 aromatic carbocycles. The number of carboxylic acids is 1. The predicted molar refractivity (Wildman–Crippen MR) is 102 cm³/mol.